The van der Waals surface area contributed by atoms with E-state index in [-0.39, 0.29) is 17.6 Å². The fourth-order valence-corrected chi connectivity index (χ4v) is 4.91. The van der Waals surface area contributed by atoms with E-state index in [0.29, 0.717) is 32.0 Å². The number of nitrogens with one attached hydrogen (secondary N) is 1. The molecule has 0 aliphatic carbocycles. The molecule has 1 unspecified atom stereocenters. The number of carbonyl (C=O) groups excluding carboxylic acids is 1. The largest absolute Gasteiger partial charge is 0.382 e. The van der Waals surface area contributed by atoms with Gasteiger partial charge in [0.15, 0.2) is 10.8 Å². The van der Waals surface area contributed by atoms with Gasteiger partial charge in [-0.3, -0.25) is 4.79 Å². The molecule has 3 heterocycles. The Morgan fingerprint density at radius 1 is 1.42 bits per heavy atom. The van der Waals surface area contributed by atoms with Crippen LogP contribution >= 0.6 is 11.3 Å². The Kier molecular flexibility index (Phi) is 6.82. The van der Waals surface area contributed by atoms with Crippen molar-refractivity contribution in [3.8, 4) is 5.69 Å². The van der Waals surface area contributed by atoms with Crippen molar-refractivity contribution < 1.29 is 13.9 Å². The summed E-state index contributed by atoms with van der Waals surface area (Å²) < 4.78 is 21.7. The van der Waals surface area contributed by atoms with Gasteiger partial charge in [0.25, 0.3) is 0 Å². The molecule has 1 saturated heterocycles. The second-order valence-corrected chi connectivity index (χ2v) is 8.73. The molecule has 31 heavy (non-hydrogen) atoms. The van der Waals surface area contributed by atoms with Crippen molar-refractivity contribution in [2.75, 3.05) is 37.7 Å². The van der Waals surface area contributed by atoms with Gasteiger partial charge in [-0.1, -0.05) is 17.4 Å². The Labute approximate surface area is 185 Å². The Bertz CT molecular complexity index is 1050. The predicted molar refractivity (Wildman–Crippen MR) is 120 cm³/mol. The summed E-state index contributed by atoms with van der Waals surface area (Å²) in [7, 11) is 0. The molecule has 1 fully saturated rings. The van der Waals surface area contributed by atoms with Gasteiger partial charge in [-0.25, -0.2) is 9.07 Å². The molecule has 0 bridgehead atoms. The van der Waals surface area contributed by atoms with Gasteiger partial charge < -0.3 is 15.0 Å². The van der Waals surface area contributed by atoms with Gasteiger partial charge >= 0.3 is 0 Å². The van der Waals surface area contributed by atoms with Crippen molar-refractivity contribution in [1.29, 1.82) is 0 Å². The number of aromatic nitrogens is 3. The van der Waals surface area contributed by atoms with Crippen molar-refractivity contribution in [1.82, 2.24) is 20.1 Å². The molecule has 1 aromatic carbocycles. The van der Waals surface area contributed by atoms with Crippen LogP contribution in [-0.4, -0.2) is 53.5 Å². The molecule has 1 aliphatic heterocycles. The number of anilines is 1. The molecule has 0 spiro atoms. The highest BCUT2D eigenvalue weighted by atomic mass is 32.1. The van der Waals surface area contributed by atoms with Crippen molar-refractivity contribution >= 4 is 32.7 Å². The number of benzene rings is 1. The van der Waals surface area contributed by atoms with E-state index < -0.39 is 0 Å². The average molecular weight is 446 g/mol. The Hall–Kier alpha value is -2.52. The number of carbonyl (C=O) groups is 1. The highest BCUT2D eigenvalue weighted by Gasteiger charge is 2.28. The van der Waals surface area contributed by atoms with Crippen LogP contribution in [0.15, 0.2) is 24.3 Å². The maximum atomic E-state index is 13.7. The molecular formula is C22H28FN5O2S. The molecular weight excluding hydrogens is 417 g/mol. The smallest absolute Gasteiger partial charge is 0.224 e. The first-order valence-corrected chi connectivity index (χ1v) is 11.6. The fourth-order valence-electron chi connectivity index (χ4n) is 3.89. The van der Waals surface area contributed by atoms with Gasteiger partial charge in [0, 0.05) is 32.8 Å². The number of piperidine rings is 1. The van der Waals surface area contributed by atoms with E-state index in [2.05, 4.69) is 15.3 Å². The van der Waals surface area contributed by atoms with Crippen LogP contribution in [0.3, 0.4) is 0 Å². The number of hydrogen-bond acceptors (Lipinski definition) is 6. The Morgan fingerprint density at radius 3 is 3.10 bits per heavy atom. The molecule has 4 rings (SSSR count). The van der Waals surface area contributed by atoms with Crippen molar-refractivity contribution in [3.63, 3.8) is 0 Å². The number of ether oxygens (including phenoxy) is 1. The number of hydrogen-bond donors (Lipinski definition) is 1. The Balaban J connectivity index is 1.47. The van der Waals surface area contributed by atoms with Crippen LogP contribution in [-0.2, 0) is 9.53 Å². The third kappa shape index (κ3) is 4.88. The van der Waals surface area contributed by atoms with E-state index in [1.807, 2.05) is 19.9 Å². The van der Waals surface area contributed by atoms with Gasteiger partial charge in [-0.2, -0.15) is 10.1 Å². The molecule has 9 heteroatoms. The topological polar surface area (TPSA) is 72.3 Å². The van der Waals surface area contributed by atoms with Gasteiger partial charge in [0.2, 0.25) is 5.91 Å². The monoisotopic (exact) mass is 445 g/mol. The lowest BCUT2D eigenvalue weighted by atomic mass is 9.97. The normalized spacial score (nSPS) is 16.7. The molecule has 1 aliphatic rings. The maximum absolute atomic E-state index is 13.7. The SMILES string of the molecule is CCOCCCNC(=O)C1CCCN(c2nc3c(s2)c(C)nn3-c2cccc(F)c2)C1. The van der Waals surface area contributed by atoms with E-state index in [1.165, 1.54) is 12.1 Å². The van der Waals surface area contributed by atoms with E-state index in [4.69, 9.17) is 9.72 Å². The summed E-state index contributed by atoms with van der Waals surface area (Å²) in [4.78, 5) is 19.6. The number of rotatable bonds is 8. The van der Waals surface area contributed by atoms with Crippen molar-refractivity contribution in [2.24, 2.45) is 5.92 Å². The number of halogens is 1. The first-order valence-electron chi connectivity index (χ1n) is 10.8. The predicted octanol–water partition coefficient (Wildman–Crippen LogP) is 3.69. The summed E-state index contributed by atoms with van der Waals surface area (Å²) in [5.74, 6) is -0.251. The lowest BCUT2D eigenvalue weighted by Gasteiger charge is -2.31. The van der Waals surface area contributed by atoms with Gasteiger partial charge in [-0.15, -0.1) is 0 Å². The maximum Gasteiger partial charge on any atom is 0.224 e. The molecule has 0 saturated carbocycles. The Morgan fingerprint density at radius 2 is 2.29 bits per heavy atom. The number of fused-ring (bicyclic) bond motifs is 1. The van der Waals surface area contributed by atoms with E-state index in [1.54, 1.807) is 22.1 Å². The number of nitrogens with zero attached hydrogens (tertiary/aromatic N) is 4. The third-order valence-corrected chi connectivity index (χ3v) is 6.68. The van der Waals surface area contributed by atoms with Gasteiger partial charge in [0.1, 0.15) is 5.82 Å². The minimum absolute atomic E-state index is 0.0475. The van der Waals surface area contributed by atoms with E-state index in [0.717, 1.165) is 47.0 Å². The van der Waals surface area contributed by atoms with Crippen molar-refractivity contribution in [3.05, 3.63) is 35.8 Å². The molecule has 2 aromatic heterocycles. The molecule has 0 radical (unpaired) electrons. The highest BCUT2D eigenvalue weighted by Crippen LogP contribution is 2.34. The quantitative estimate of drug-likeness (QED) is 0.536. The summed E-state index contributed by atoms with van der Waals surface area (Å²) in [6.07, 6.45) is 2.65. The molecule has 7 nitrogen and oxygen atoms in total. The molecule has 3 aromatic rings. The second kappa shape index (κ2) is 9.74. The molecule has 166 valence electrons. The second-order valence-electron chi connectivity index (χ2n) is 7.75. The first kappa shape index (κ1) is 21.7. The summed E-state index contributed by atoms with van der Waals surface area (Å²) in [5, 5.41) is 8.47. The minimum atomic E-state index is -0.305. The highest BCUT2D eigenvalue weighted by molar-refractivity contribution is 7.22. The number of thiazole rings is 1. The third-order valence-electron chi connectivity index (χ3n) is 5.46. The van der Waals surface area contributed by atoms with Crippen LogP contribution in [0.25, 0.3) is 16.0 Å². The zero-order chi connectivity index (χ0) is 21.8. The summed E-state index contributed by atoms with van der Waals surface area (Å²) in [6, 6.07) is 6.36. The van der Waals surface area contributed by atoms with Crippen molar-refractivity contribution in [2.45, 2.75) is 33.1 Å². The first-order chi connectivity index (χ1) is 15.1. The average Bonchev–Trinajstić information content (AvgIpc) is 3.34. The van der Waals surface area contributed by atoms with Crippen LogP contribution in [0.2, 0.25) is 0 Å². The van der Waals surface area contributed by atoms with E-state index >= 15 is 0 Å². The fraction of sp³-hybridized carbons (Fsp3) is 0.500. The lowest BCUT2D eigenvalue weighted by molar-refractivity contribution is -0.125. The van der Waals surface area contributed by atoms with Crippen LogP contribution < -0.4 is 10.2 Å². The summed E-state index contributed by atoms with van der Waals surface area (Å²) in [5.41, 5.74) is 2.24. The van der Waals surface area contributed by atoms with Crippen LogP contribution in [0, 0.1) is 18.7 Å². The van der Waals surface area contributed by atoms with Crippen LogP contribution in [0.5, 0.6) is 0 Å². The number of amides is 1. The summed E-state index contributed by atoms with van der Waals surface area (Å²) >= 11 is 1.58. The standard InChI is InChI=1S/C22H28FN5O2S/c1-3-30-12-6-10-24-21(29)16-7-5-11-27(14-16)22-25-20-19(31-22)15(2)26-28(20)18-9-4-8-17(23)13-18/h4,8-9,13,16H,3,5-7,10-12,14H2,1-2H3,(H,24,29). The molecule has 1 atom stereocenters. The van der Waals surface area contributed by atoms with Gasteiger partial charge in [-0.05, 0) is 51.3 Å². The lowest BCUT2D eigenvalue weighted by Crippen LogP contribution is -2.43. The minimum Gasteiger partial charge on any atom is -0.382 e. The summed E-state index contributed by atoms with van der Waals surface area (Å²) in [6.45, 7) is 7.43. The zero-order valence-electron chi connectivity index (χ0n) is 17.9. The molecule has 1 amide bonds. The van der Waals surface area contributed by atoms with Crippen LogP contribution in [0.1, 0.15) is 31.9 Å². The molecule has 1 N–H and O–H groups in total. The van der Waals surface area contributed by atoms with Gasteiger partial charge in [0.05, 0.1) is 22.0 Å². The van der Waals surface area contributed by atoms with Crippen LogP contribution in [0.4, 0.5) is 9.52 Å². The van der Waals surface area contributed by atoms with E-state index in [9.17, 15) is 9.18 Å². The zero-order valence-corrected chi connectivity index (χ0v) is 18.8. The number of aryl methyl sites for hydroxylation is 1.